The zero-order valence-corrected chi connectivity index (χ0v) is 18.0. The molecule has 1 aromatic carbocycles. The van der Waals surface area contributed by atoms with Crippen molar-refractivity contribution in [2.24, 2.45) is 0 Å². The van der Waals surface area contributed by atoms with Gasteiger partial charge in [-0.15, -0.1) is 24.8 Å². The molecule has 2 amide bonds. The summed E-state index contributed by atoms with van der Waals surface area (Å²) < 4.78 is 27.3. The highest BCUT2D eigenvalue weighted by Crippen LogP contribution is 2.27. The zero-order valence-electron chi connectivity index (χ0n) is 16.4. The number of nitrogens with one attached hydrogen (secondary N) is 1. The molecule has 0 bridgehead atoms. The molecule has 0 saturated carbocycles. The van der Waals surface area contributed by atoms with Crippen LogP contribution in [-0.2, 0) is 0 Å². The molecule has 0 radical (unpaired) electrons. The lowest BCUT2D eigenvalue weighted by Crippen LogP contribution is -2.50. The van der Waals surface area contributed by atoms with E-state index < -0.39 is 11.6 Å². The van der Waals surface area contributed by atoms with Crippen molar-refractivity contribution < 1.29 is 13.6 Å². The summed E-state index contributed by atoms with van der Waals surface area (Å²) in [6.07, 6.45) is 6.50. The maximum absolute atomic E-state index is 14.1. The maximum atomic E-state index is 14.1. The number of amides is 2. The van der Waals surface area contributed by atoms with Gasteiger partial charge in [-0.25, -0.2) is 13.6 Å². The molecule has 164 valence electrons. The van der Waals surface area contributed by atoms with E-state index in [0.29, 0.717) is 43.0 Å². The summed E-state index contributed by atoms with van der Waals surface area (Å²) in [4.78, 5) is 24.4. The summed E-state index contributed by atoms with van der Waals surface area (Å²) >= 11 is 0. The number of piperazine rings is 1. The number of hydrogen-bond donors (Lipinski definition) is 1. The van der Waals surface area contributed by atoms with Gasteiger partial charge >= 0.3 is 6.03 Å². The molecule has 3 heterocycles. The van der Waals surface area contributed by atoms with Gasteiger partial charge in [0, 0.05) is 55.8 Å². The molecule has 0 spiro atoms. The van der Waals surface area contributed by atoms with Crippen molar-refractivity contribution in [2.45, 2.75) is 0 Å². The van der Waals surface area contributed by atoms with Gasteiger partial charge in [-0.05, 0) is 30.3 Å². The van der Waals surface area contributed by atoms with Gasteiger partial charge in [-0.3, -0.25) is 9.97 Å². The van der Waals surface area contributed by atoms with Crippen LogP contribution in [-0.4, -0.2) is 47.1 Å². The topological polar surface area (TPSA) is 61.4 Å². The van der Waals surface area contributed by atoms with E-state index in [0.717, 1.165) is 11.8 Å². The Kier molecular flexibility index (Phi) is 8.53. The number of hydrogen-bond acceptors (Lipinski definition) is 4. The second kappa shape index (κ2) is 10.9. The summed E-state index contributed by atoms with van der Waals surface area (Å²) in [5.74, 6) is -1.24. The van der Waals surface area contributed by atoms with Crippen molar-refractivity contribution in [1.29, 1.82) is 0 Å². The van der Waals surface area contributed by atoms with Gasteiger partial charge in [-0.2, -0.15) is 0 Å². The highest BCUT2D eigenvalue weighted by Gasteiger charge is 2.22. The van der Waals surface area contributed by atoms with Crippen molar-refractivity contribution in [3.05, 3.63) is 72.8 Å². The number of aromatic nitrogens is 2. The summed E-state index contributed by atoms with van der Waals surface area (Å²) in [6.45, 7) is 2.33. The van der Waals surface area contributed by atoms with Crippen LogP contribution < -0.4 is 10.2 Å². The van der Waals surface area contributed by atoms with E-state index in [9.17, 15) is 13.6 Å². The number of carbonyl (C=O) groups is 1. The molecule has 1 aliphatic rings. The van der Waals surface area contributed by atoms with Gasteiger partial charge in [0.2, 0.25) is 0 Å². The smallest absolute Gasteiger partial charge is 0.322 e. The van der Waals surface area contributed by atoms with Gasteiger partial charge in [0.05, 0.1) is 23.8 Å². The largest absolute Gasteiger partial charge is 0.367 e. The first-order valence-electron chi connectivity index (χ1n) is 9.21. The number of rotatable bonds is 3. The van der Waals surface area contributed by atoms with Crippen LogP contribution in [0.3, 0.4) is 0 Å². The minimum absolute atomic E-state index is 0. The average molecular weight is 468 g/mol. The molecule has 31 heavy (non-hydrogen) atoms. The van der Waals surface area contributed by atoms with Crippen molar-refractivity contribution in [2.75, 3.05) is 36.4 Å². The third-order valence-corrected chi connectivity index (χ3v) is 4.81. The molecule has 6 nitrogen and oxygen atoms in total. The van der Waals surface area contributed by atoms with Gasteiger partial charge in [0.25, 0.3) is 0 Å². The van der Waals surface area contributed by atoms with Gasteiger partial charge in [0.1, 0.15) is 11.6 Å². The van der Waals surface area contributed by atoms with E-state index in [1.54, 1.807) is 41.8 Å². The normalized spacial score (nSPS) is 13.1. The summed E-state index contributed by atoms with van der Waals surface area (Å²) in [7, 11) is 0. The summed E-state index contributed by atoms with van der Waals surface area (Å²) in [5, 5.41) is 2.83. The van der Waals surface area contributed by atoms with E-state index in [1.165, 1.54) is 12.1 Å². The first-order chi connectivity index (χ1) is 14.1. The molecule has 1 aliphatic heterocycles. The maximum Gasteiger partial charge on any atom is 0.322 e. The van der Waals surface area contributed by atoms with E-state index in [2.05, 4.69) is 20.2 Å². The van der Waals surface area contributed by atoms with Crippen molar-refractivity contribution >= 4 is 42.2 Å². The number of urea groups is 1. The van der Waals surface area contributed by atoms with E-state index in [4.69, 9.17) is 0 Å². The standard InChI is InChI=1S/C21H19F2N5O.2ClH/c22-16-3-4-19(20(23)11-16)15-10-18(14-25-12-15)27-6-8-28(9-7-27)21(29)26-17-2-1-5-24-13-17;;/h1-5,10-14H,6-9H2,(H,26,29);2*1H. The fourth-order valence-electron chi connectivity index (χ4n) is 3.28. The van der Waals surface area contributed by atoms with Crippen LogP contribution in [0.5, 0.6) is 0 Å². The molecule has 1 saturated heterocycles. The Morgan fingerprint density at radius 3 is 2.39 bits per heavy atom. The number of pyridine rings is 2. The second-order valence-corrected chi connectivity index (χ2v) is 6.70. The van der Waals surface area contributed by atoms with Gasteiger partial charge in [-0.1, -0.05) is 0 Å². The third kappa shape index (κ3) is 5.80. The van der Waals surface area contributed by atoms with Crippen molar-refractivity contribution in [3.8, 4) is 11.1 Å². The molecule has 4 rings (SSSR count). The van der Waals surface area contributed by atoms with Crippen LogP contribution in [0.4, 0.5) is 25.0 Å². The van der Waals surface area contributed by atoms with Crippen LogP contribution in [0.25, 0.3) is 11.1 Å². The predicted molar refractivity (Wildman–Crippen MR) is 121 cm³/mol. The fourth-order valence-corrected chi connectivity index (χ4v) is 3.28. The molecule has 0 atom stereocenters. The minimum atomic E-state index is -0.624. The molecular weight excluding hydrogens is 447 g/mol. The molecule has 10 heteroatoms. The van der Waals surface area contributed by atoms with Crippen molar-refractivity contribution in [3.63, 3.8) is 0 Å². The second-order valence-electron chi connectivity index (χ2n) is 6.70. The van der Waals surface area contributed by atoms with E-state index >= 15 is 0 Å². The molecule has 0 aliphatic carbocycles. The SMILES string of the molecule is Cl.Cl.O=C(Nc1cccnc1)N1CCN(c2cncc(-c3ccc(F)cc3F)c2)CC1. The third-order valence-electron chi connectivity index (χ3n) is 4.81. The highest BCUT2D eigenvalue weighted by molar-refractivity contribution is 5.89. The lowest BCUT2D eigenvalue weighted by molar-refractivity contribution is 0.208. The fraction of sp³-hybridized carbons (Fsp3) is 0.190. The number of nitrogens with zero attached hydrogens (tertiary/aromatic N) is 4. The highest BCUT2D eigenvalue weighted by atomic mass is 35.5. The average Bonchev–Trinajstić information content (AvgIpc) is 2.75. The van der Waals surface area contributed by atoms with E-state index in [1.807, 2.05) is 6.07 Å². The molecule has 1 fully saturated rings. The van der Waals surface area contributed by atoms with Crippen LogP contribution in [0, 0.1) is 11.6 Å². The van der Waals surface area contributed by atoms with Gasteiger partial charge in [0.15, 0.2) is 0 Å². The van der Waals surface area contributed by atoms with E-state index in [-0.39, 0.29) is 30.8 Å². The molecular formula is C21H21Cl2F2N5O. The number of carbonyl (C=O) groups excluding carboxylic acids is 1. The Morgan fingerprint density at radius 1 is 0.935 bits per heavy atom. The summed E-state index contributed by atoms with van der Waals surface area (Å²) in [5.41, 5.74) is 2.36. The van der Waals surface area contributed by atoms with Gasteiger partial charge < -0.3 is 15.1 Å². The minimum Gasteiger partial charge on any atom is -0.367 e. The number of anilines is 2. The van der Waals surface area contributed by atoms with Crippen LogP contribution >= 0.6 is 24.8 Å². The Hall–Kier alpha value is -2.97. The van der Waals surface area contributed by atoms with Crippen molar-refractivity contribution in [1.82, 2.24) is 14.9 Å². The first kappa shape index (κ1) is 24.3. The van der Waals surface area contributed by atoms with Crippen LogP contribution in [0.2, 0.25) is 0 Å². The summed E-state index contributed by atoms with van der Waals surface area (Å²) in [6, 6.07) is 8.70. The number of halogens is 4. The first-order valence-corrected chi connectivity index (χ1v) is 9.21. The Morgan fingerprint density at radius 2 is 1.71 bits per heavy atom. The lowest BCUT2D eigenvalue weighted by Gasteiger charge is -2.36. The number of benzene rings is 1. The molecule has 0 unspecified atom stereocenters. The molecule has 2 aromatic heterocycles. The zero-order chi connectivity index (χ0) is 20.2. The molecule has 3 aromatic rings. The Bertz CT molecular complexity index is 1020. The Labute approximate surface area is 191 Å². The van der Waals surface area contributed by atoms with Crippen LogP contribution in [0.1, 0.15) is 0 Å². The molecule has 1 N–H and O–H groups in total. The Balaban J connectivity index is 0.00000171. The quantitative estimate of drug-likeness (QED) is 0.610. The lowest BCUT2D eigenvalue weighted by atomic mass is 10.1. The van der Waals surface area contributed by atoms with Crippen LogP contribution in [0.15, 0.2) is 61.2 Å². The monoisotopic (exact) mass is 467 g/mol. The predicted octanol–water partition coefficient (Wildman–Crippen LogP) is 4.62.